The lowest BCUT2D eigenvalue weighted by Gasteiger charge is -2.12. The van der Waals surface area contributed by atoms with E-state index in [0.717, 1.165) is 24.5 Å². The van der Waals surface area contributed by atoms with Gasteiger partial charge in [-0.2, -0.15) is 13.2 Å². The first-order valence-corrected chi connectivity index (χ1v) is 8.98. The van der Waals surface area contributed by atoms with E-state index >= 15 is 4.39 Å². The number of urea groups is 1. The topological polar surface area (TPSA) is 108 Å². The van der Waals surface area contributed by atoms with Crippen LogP contribution in [0.5, 0.6) is 0 Å². The first-order valence-electron chi connectivity index (χ1n) is 8.60. The number of fused-ring (bicyclic) bond motifs is 1. The average molecular weight is 455 g/mol. The van der Waals surface area contributed by atoms with Gasteiger partial charge in [0.2, 0.25) is 0 Å². The molecule has 0 radical (unpaired) electrons. The van der Waals surface area contributed by atoms with Gasteiger partial charge < -0.3 is 21.4 Å². The number of halogens is 5. The van der Waals surface area contributed by atoms with Crippen molar-refractivity contribution in [3.8, 4) is 0 Å². The van der Waals surface area contributed by atoms with Crippen LogP contribution in [-0.2, 0) is 6.18 Å². The number of nitrogens with two attached hydrogens (primary N) is 1. The molecule has 0 spiro atoms. The number of nitrogens with zero attached hydrogens (tertiary/aromatic N) is 2. The Balaban J connectivity index is 1.85. The average Bonchev–Trinajstić information content (AvgIpc) is 3.08. The second-order valence-corrected chi connectivity index (χ2v) is 6.62. The molecule has 12 heteroatoms. The Morgan fingerprint density at radius 3 is 2.61 bits per heavy atom. The normalized spacial score (nSPS) is 12.5. The van der Waals surface area contributed by atoms with Crippen LogP contribution < -0.4 is 16.4 Å². The van der Waals surface area contributed by atoms with Crippen LogP contribution in [0.4, 0.5) is 33.7 Å². The van der Waals surface area contributed by atoms with Crippen LogP contribution >= 0.6 is 11.6 Å². The standard InChI is InChI=1S/C19H15ClF4N6O/c1-26-8-28-17(25)10-3-5-13-15(16(10)21)14(7-27-13)30-18(31)29-9-2-4-11(12(20)6-9)19(22,23)24/h2-8,27H,1H3,(H2,25,26,28)(H2,29,30,31). The molecule has 5 N–H and O–H groups in total. The molecule has 31 heavy (non-hydrogen) atoms. The highest BCUT2D eigenvalue weighted by atomic mass is 35.5. The Bertz CT molecular complexity index is 1200. The molecule has 0 unspecified atom stereocenters. The van der Waals surface area contributed by atoms with Crippen molar-refractivity contribution >= 4 is 52.1 Å². The molecule has 0 aliphatic rings. The van der Waals surface area contributed by atoms with Gasteiger partial charge in [-0.15, -0.1) is 0 Å². The number of rotatable bonds is 4. The second kappa shape index (κ2) is 8.64. The molecule has 1 heterocycles. The summed E-state index contributed by atoms with van der Waals surface area (Å²) < 4.78 is 53.4. The maximum atomic E-state index is 15.0. The van der Waals surface area contributed by atoms with Gasteiger partial charge >= 0.3 is 12.2 Å². The van der Waals surface area contributed by atoms with Gasteiger partial charge in [-0.25, -0.2) is 14.2 Å². The number of hydrogen-bond donors (Lipinski definition) is 4. The number of aromatic nitrogens is 1. The van der Waals surface area contributed by atoms with Crippen molar-refractivity contribution < 1.29 is 22.4 Å². The first-order chi connectivity index (χ1) is 14.6. The van der Waals surface area contributed by atoms with E-state index in [4.69, 9.17) is 17.3 Å². The second-order valence-electron chi connectivity index (χ2n) is 6.21. The molecule has 3 rings (SSSR count). The predicted octanol–water partition coefficient (Wildman–Crippen LogP) is 4.99. The van der Waals surface area contributed by atoms with Gasteiger partial charge in [0, 0.05) is 18.9 Å². The molecule has 1 aromatic heterocycles. The molecule has 0 saturated carbocycles. The number of alkyl halides is 3. The summed E-state index contributed by atoms with van der Waals surface area (Å²) in [7, 11) is 1.48. The molecule has 0 saturated heterocycles. The SMILES string of the molecule is CN=CN=C(N)c1ccc2[nH]cc(NC(=O)Nc3ccc(C(F)(F)F)c(Cl)c3)c2c1F. The van der Waals surface area contributed by atoms with Crippen molar-refractivity contribution in [1.82, 2.24) is 4.98 Å². The number of carbonyl (C=O) groups excluding carboxylic acids is 1. The van der Waals surface area contributed by atoms with E-state index in [1.54, 1.807) is 6.07 Å². The fourth-order valence-electron chi connectivity index (χ4n) is 2.78. The van der Waals surface area contributed by atoms with E-state index in [9.17, 15) is 18.0 Å². The lowest BCUT2D eigenvalue weighted by molar-refractivity contribution is -0.137. The number of amides is 2. The largest absolute Gasteiger partial charge is 0.417 e. The molecule has 3 aromatic rings. The Kier molecular flexibility index (Phi) is 6.16. The van der Waals surface area contributed by atoms with Crippen LogP contribution in [0.2, 0.25) is 5.02 Å². The molecule has 0 bridgehead atoms. The van der Waals surface area contributed by atoms with Crippen molar-refractivity contribution in [3.63, 3.8) is 0 Å². The van der Waals surface area contributed by atoms with Crippen molar-refractivity contribution in [2.75, 3.05) is 17.7 Å². The summed E-state index contributed by atoms with van der Waals surface area (Å²) in [6.07, 6.45) is -2.10. The fourth-order valence-corrected chi connectivity index (χ4v) is 3.06. The van der Waals surface area contributed by atoms with Crippen LogP contribution in [0.25, 0.3) is 10.9 Å². The van der Waals surface area contributed by atoms with Crippen molar-refractivity contribution in [2.24, 2.45) is 15.7 Å². The zero-order chi connectivity index (χ0) is 22.8. The van der Waals surface area contributed by atoms with E-state index in [0.29, 0.717) is 5.52 Å². The molecule has 2 aromatic carbocycles. The number of amidine groups is 1. The van der Waals surface area contributed by atoms with Crippen molar-refractivity contribution in [2.45, 2.75) is 6.18 Å². The quantitative estimate of drug-likeness (QED) is 0.253. The molecule has 0 aliphatic heterocycles. The lowest BCUT2D eigenvalue weighted by Crippen LogP contribution is -2.20. The Morgan fingerprint density at radius 2 is 1.97 bits per heavy atom. The summed E-state index contributed by atoms with van der Waals surface area (Å²) in [5.41, 5.74) is 5.23. The third-order valence-electron chi connectivity index (χ3n) is 4.15. The Labute approximate surface area is 178 Å². The maximum Gasteiger partial charge on any atom is 0.417 e. The summed E-state index contributed by atoms with van der Waals surface area (Å²) in [6, 6.07) is 4.92. The number of anilines is 2. The van der Waals surface area contributed by atoms with Crippen molar-refractivity contribution in [1.29, 1.82) is 0 Å². The highest BCUT2D eigenvalue weighted by Gasteiger charge is 2.33. The smallest absolute Gasteiger partial charge is 0.383 e. The fraction of sp³-hybridized carbons (Fsp3) is 0.105. The van der Waals surface area contributed by atoms with Crippen LogP contribution in [0.3, 0.4) is 0 Å². The van der Waals surface area contributed by atoms with Gasteiger partial charge in [-0.3, -0.25) is 4.99 Å². The van der Waals surface area contributed by atoms with Gasteiger partial charge in [0.15, 0.2) is 0 Å². The Hall–Kier alpha value is -3.60. The molecule has 162 valence electrons. The minimum absolute atomic E-state index is 0.00461. The summed E-state index contributed by atoms with van der Waals surface area (Å²) in [5.74, 6) is -0.835. The van der Waals surface area contributed by atoms with Crippen LogP contribution in [0, 0.1) is 5.82 Å². The third kappa shape index (κ3) is 4.77. The number of hydrogen-bond acceptors (Lipinski definition) is 2. The molecule has 0 atom stereocenters. The minimum atomic E-state index is -4.62. The van der Waals surface area contributed by atoms with E-state index in [-0.39, 0.29) is 28.2 Å². The van der Waals surface area contributed by atoms with E-state index < -0.39 is 28.6 Å². The molecule has 7 nitrogen and oxygen atoms in total. The molecule has 0 fully saturated rings. The maximum absolute atomic E-state index is 15.0. The van der Waals surface area contributed by atoms with E-state index in [2.05, 4.69) is 25.6 Å². The van der Waals surface area contributed by atoms with Gasteiger partial charge in [0.05, 0.1) is 32.7 Å². The third-order valence-corrected chi connectivity index (χ3v) is 4.46. The number of aliphatic imine (C=N–C) groups is 2. The zero-order valence-corrected chi connectivity index (χ0v) is 16.6. The number of benzene rings is 2. The highest BCUT2D eigenvalue weighted by molar-refractivity contribution is 6.31. The van der Waals surface area contributed by atoms with Gasteiger partial charge in [0.25, 0.3) is 0 Å². The van der Waals surface area contributed by atoms with Crippen LogP contribution in [-0.4, -0.2) is 30.2 Å². The molecule has 2 amide bonds. The Morgan fingerprint density at radius 1 is 1.23 bits per heavy atom. The highest BCUT2D eigenvalue weighted by Crippen LogP contribution is 2.36. The van der Waals surface area contributed by atoms with E-state index in [1.165, 1.54) is 19.3 Å². The van der Waals surface area contributed by atoms with E-state index in [1.807, 2.05) is 0 Å². The van der Waals surface area contributed by atoms with Crippen LogP contribution in [0.15, 0.2) is 46.5 Å². The molecular weight excluding hydrogens is 440 g/mol. The monoisotopic (exact) mass is 454 g/mol. The number of carbonyl (C=O) groups is 1. The number of nitrogens with one attached hydrogen (secondary N) is 3. The summed E-state index contributed by atoms with van der Waals surface area (Å²) in [5, 5.41) is 4.25. The predicted molar refractivity (Wildman–Crippen MR) is 112 cm³/mol. The first kappa shape index (κ1) is 22.1. The van der Waals surface area contributed by atoms with Gasteiger partial charge in [-0.05, 0) is 30.3 Å². The summed E-state index contributed by atoms with van der Waals surface area (Å²) in [6.45, 7) is 0. The van der Waals surface area contributed by atoms with Crippen LogP contribution in [0.1, 0.15) is 11.1 Å². The van der Waals surface area contributed by atoms with Gasteiger partial charge in [0.1, 0.15) is 18.0 Å². The zero-order valence-electron chi connectivity index (χ0n) is 15.8. The number of aromatic amines is 1. The summed E-state index contributed by atoms with van der Waals surface area (Å²) in [4.78, 5) is 22.6. The lowest BCUT2D eigenvalue weighted by atomic mass is 10.1. The summed E-state index contributed by atoms with van der Waals surface area (Å²) >= 11 is 5.64. The molecule has 0 aliphatic carbocycles. The van der Waals surface area contributed by atoms with Crippen molar-refractivity contribution in [3.05, 3.63) is 58.5 Å². The van der Waals surface area contributed by atoms with Gasteiger partial charge in [-0.1, -0.05) is 11.6 Å². The number of H-pyrrole nitrogens is 1. The molecular formula is C19H15ClF4N6O. The minimum Gasteiger partial charge on any atom is -0.383 e.